The summed E-state index contributed by atoms with van der Waals surface area (Å²) >= 11 is 1.59. The third-order valence-corrected chi connectivity index (χ3v) is 3.84. The molecule has 2 nitrogen and oxygen atoms in total. The molecule has 0 amide bonds. The molecule has 1 aromatic carbocycles. The van der Waals surface area contributed by atoms with E-state index < -0.39 is 0 Å². The number of fused-ring (bicyclic) bond motifs is 1. The number of rotatable bonds is 2. The SMILES string of the molecule is Fc1ccc2sc(CCC#Cc3ccccn3)nc2c1. The van der Waals surface area contributed by atoms with Gasteiger partial charge in [0.05, 0.1) is 15.2 Å². The molecule has 0 aliphatic rings. The van der Waals surface area contributed by atoms with Gasteiger partial charge in [-0.25, -0.2) is 14.4 Å². The summed E-state index contributed by atoms with van der Waals surface area (Å²) in [5, 5.41) is 0.987. The van der Waals surface area contributed by atoms with Gasteiger partial charge in [-0.3, -0.25) is 0 Å². The lowest BCUT2D eigenvalue weighted by Gasteiger charge is -1.88. The van der Waals surface area contributed by atoms with Crippen molar-refractivity contribution in [2.45, 2.75) is 12.8 Å². The average molecular weight is 282 g/mol. The van der Waals surface area contributed by atoms with Crippen LogP contribution in [0.4, 0.5) is 4.39 Å². The Balaban J connectivity index is 1.67. The Kier molecular flexibility index (Phi) is 3.71. The molecule has 20 heavy (non-hydrogen) atoms. The van der Waals surface area contributed by atoms with Crippen LogP contribution in [0.1, 0.15) is 17.1 Å². The van der Waals surface area contributed by atoms with Gasteiger partial charge in [0.1, 0.15) is 11.5 Å². The van der Waals surface area contributed by atoms with Gasteiger partial charge in [-0.1, -0.05) is 12.0 Å². The number of benzene rings is 1. The number of pyridine rings is 1. The van der Waals surface area contributed by atoms with Gasteiger partial charge in [-0.05, 0) is 30.2 Å². The molecule has 0 saturated heterocycles. The molecule has 98 valence electrons. The smallest absolute Gasteiger partial charge is 0.125 e. The van der Waals surface area contributed by atoms with Crippen molar-refractivity contribution >= 4 is 21.6 Å². The predicted molar refractivity (Wildman–Crippen MR) is 79.0 cm³/mol. The van der Waals surface area contributed by atoms with Crippen LogP contribution in [0.15, 0.2) is 42.6 Å². The fourth-order valence-electron chi connectivity index (χ4n) is 1.81. The Morgan fingerprint density at radius 3 is 3.00 bits per heavy atom. The standard InChI is InChI=1S/C16H11FN2S/c17-12-8-9-15-14(11-12)19-16(20-15)7-2-1-5-13-6-3-4-10-18-13/h3-4,6,8-11H,2,7H2. The number of aryl methyl sites for hydroxylation is 1. The van der Waals surface area contributed by atoms with Crippen LogP contribution in [0.2, 0.25) is 0 Å². The van der Waals surface area contributed by atoms with Crippen LogP contribution in [0.25, 0.3) is 10.2 Å². The third-order valence-electron chi connectivity index (χ3n) is 2.74. The van der Waals surface area contributed by atoms with Crippen molar-refractivity contribution in [1.82, 2.24) is 9.97 Å². The molecular weight excluding hydrogens is 271 g/mol. The highest BCUT2D eigenvalue weighted by Crippen LogP contribution is 2.23. The summed E-state index contributed by atoms with van der Waals surface area (Å²) in [4.78, 5) is 8.55. The van der Waals surface area contributed by atoms with Crippen LogP contribution in [0.5, 0.6) is 0 Å². The monoisotopic (exact) mass is 282 g/mol. The summed E-state index contributed by atoms with van der Waals surface area (Å²) in [6.45, 7) is 0. The fraction of sp³-hybridized carbons (Fsp3) is 0.125. The van der Waals surface area contributed by atoms with E-state index >= 15 is 0 Å². The molecule has 3 rings (SSSR count). The second-order valence-corrected chi connectivity index (χ2v) is 5.35. The van der Waals surface area contributed by atoms with Crippen molar-refractivity contribution in [1.29, 1.82) is 0 Å². The number of hydrogen-bond donors (Lipinski definition) is 0. The Labute approximate surface area is 120 Å². The van der Waals surface area contributed by atoms with Crippen molar-refractivity contribution in [3.8, 4) is 11.8 Å². The van der Waals surface area contributed by atoms with E-state index in [1.54, 1.807) is 23.6 Å². The molecule has 0 radical (unpaired) electrons. The number of halogens is 1. The molecule has 0 aliphatic heterocycles. The van der Waals surface area contributed by atoms with Crippen molar-refractivity contribution in [3.63, 3.8) is 0 Å². The number of nitrogens with zero attached hydrogens (tertiary/aromatic N) is 2. The minimum Gasteiger partial charge on any atom is -0.248 e. The van der Waals surface area contributed by atoms with E-state index in [1.807, 2.05) is 18.2 Å². The molecule has 0 N–H and O–H groups in total. The first kappa shape index (κ1) is 12.8. The zero-order valence-electron chi connectivity index (χ0n) is 10.6. The summed E-state index contributed by atoms with van der Waals surface area (Å²) in [5.41, 5.74) is 1.50. The normalized spacial score (nSPS) is 10.2. The first-order valence-corrected chi connectivity index (χ1v) is 7.08. The molecule has 0 bridgehead atoms. The Morgan fingerprint density at radius 1 is 1.20 bits per heavy atom. The maximum absolute atomic E-state index is 13.1. The van der Waals surface area contributed by atoms with E-state index in [4.69, 9.17) is 0 Å². The molecular formula is C16H11FN2S. The average Bonchev–Trinajstić information content (AvgIpc) is 2.86. The quantitative estimate of drug-likeness (QED) is 0.668. The zero-order chi connectivity index (χ0) is 13.8. The van der Waals surface area contributed by atoms with E-state index in [1.165, 1.54) is 12.1 Å². The van der Waals surface area contributed by atoms with Gasteiger partial charge >= 0.3 is 0 Å². The van der Waals surface area contributed by atoms with E-state index in [-0.39, 0.29) is 5.82 Å². The lowest BCUT2D eigenvalue weighted by Crippen LogP contribution is -1.82. The van der Waals surface area contributed by atoms with Crippen molar-refractivity contribution < 1.29 is 4.39 Å². The summed E-state index contributed by atoms with van der Waals surface area (Å²) in [6.07, 6.45) is 3.23. The summed E-state index contributed by atoms with van der Waals surface area (Å²) in [7, 11) is 0. The van der Waals surface area contributed by atoms with Crippen LogP contribution >= 0.6 is 11.3 Å². The highest BCUT2D eigenvalue weighted by Gasteiger charge is 2.03. The van der Waals surface area contributed by atoms with Gasteiger partial charge in [0.25, 0.3) is 0 Å². The van der Waals surface area contributed by atoms with Gasteiger partial charge < -0.3 is 0 Å². The molecule has 2 heterocycles. The van der Waals surface area contributed by atoms with Crippen LogP contribution in [-0.2, 0) is 6.42 Å². The van der Waals surface area contributed by atoms with Crippen molar-refractivity contribution in [2.24, 2.45) is 0 Å². The first-order chi connectivity index (χ1) is 9.81. The molecule has 0 aliphatic carbocycles. The van der Waals surface area contributed by atoms with E-state index in [2.05, 4.69) is 21.8 Å². The molecule has 3 aromatic rings. The lowest BCUT2D eigenvalue weighted by atomic mass is 10.3. The van der Waals surface area contributed by atoms with Crippen LogP contribution < -0.4 is 0 Å². The maximum atomic E-state index is 13.1. The molecule has 0 saturated carbocycles. The van der Waals surface area contributed by atoms with Crippen LogP contribution in [-0.4, -0.2) is 9.97 Å². The predicted octanol–water partition coefficient (Wildman–Crippen LogP) is 3.81. The largest absolute Gasteiger partial charge is 0.248 e. The Bertz CT molecular complexity index is 784. The molecule has 2 aromatic heterocycles. The van der Waals surface area contributed by atoms with Gasteiger partial charge in [0, 0.05) is 25.1 Å². The summed E-state index contributed by atoms with van der Waals surface area (Å²) in [5.74, 6) is 5.85. The highest BCUT2D eigenvalue weighted by atomic mass is 32.1. The van der Waals surface area contributed by atoms with Gasteiger partial charge in [0.15, 0.2) is 0 Å². The van der Waals surface area contributed by atoms with E-state index in [0.29, 0.717) is 0 Å². The minimum atomic E-state index is -0.246. The zero-order valence-corrected chi connectivity index (χ0v) is 11.5. The van der Waals surface area contributed by atoms with E-state index in [0.717, 1.165) is 33.8 Å². The summed E-state index contributed by atoms with van der Waals surface area (Å²) < 4.78 is 14.1. The first-order valence-electron chi connectivity index (χ1n) is 6.26. The number of aromatic nitrogens is 2. The van der Waals surface area contributed by atoms with Crippen molar-refractivity contribution in [3.05, 3.63) is 59.1 Å². The maximum Gasteiger partial charge on any atom is 0.125 e. The lowest BCUT2D eigenvalue weighted by molar-refractivity contribution is 0.629. The molecule has 0 spiro atoms. The second-order valence-electron chi connectivity index (χ2n) is 4.24. The number of hydrogen-bond acceptors (Lipinski definition) is 3. The van der Waals surface area contributed by atoms with Crippen molar-refractivity contribution in [2.75, 3.05) is 0 Å². The second kappa shape index (κ2) is 5.81. The topological polar surface area (TPSA) is 25.8 Å². The van der Waals surface area contributed by atoms with Gasteiger partial charge in [0.2, 0.25) is 0 Å². The van der Waals surface area contributed by atoms with Gasteiger partial charge in [-0.15, -0.1) is 11.3 Å². The highest BCUT2D eigenvalue weighted by molar-refractivity contribution is 7.18. The summed E-state index contributed by atoms with van der Waals surface area (Å²) in [6, 6.07) is 10.4. The minimum absolute atomic E-state index is 0.246. The Morgan fingerprint density at radius 2 is 2.15 bits per heavy atom. The molecule has 4 heteroatoms. The number of thiazole rings is 1. The molecule has 0 atom stereocenters. The Hall–Kier alpha value is -2.25. The fourth-order valence-corrected chi connectivity index (χ4v) is 2.76. The molecule has 0 fully saturated rings. The van der Waals surface area contributed by atoms with Crippen LogP contribution in [0.3, 0.4) is 0 Å². The molecule has 0 unspecified atom stereocenters. The van der Waals surface area contributed by atoms with E-state index in [9.17, 15) is 4.39 Å². The van der Waals surface area contributed by atoms with Gasteiger partial charge in [-0.2, -0.15) is 0 Å². The van der Waals surface area contributed by atoms with Crippen LogP contribution in [0, 0.1) is 17.7 Å². The third kappa shape index (κ3) is 3.01.